The number of anilines is 1. The number of para-hydroxylation sites is 1. The van der Waals surface area contributed by atoms with Crippen LogP contribution in [0.3, 0.4) is 0 Å². The van der Waals surface area contributed by atoms with Crippen LogP contribution in [0.5, 0.6) is 5.75 Å². The van der Waals surface area contributed by atoms with E-state index >= 15 is 0 Å². The number of carbonyl (C=O) groups is 1. The van der Waals surface area contributed by atoms with E-state index in [1.165, 1.54) is 6.33 Å². The van der Waals surface area contributed by atoms with Gasteiger partial charge in [-0.05, 0) is 6.07 Å². The predicted molar refractivity (Wildman–Crippen MR) is 84.9 cm³/mol. The summed E-state index contributed by atoms with van der Waals surface area (Å²) in [5.74, 6) is 1.05. The largest absolute Gasteiger partial charge is 0.496 e. The predicted octanol–water partition coefficient (Wildman–Crippen LogP) is 2.01. The second-order valence-electron chi connectivity index (χ2n) is 4.45. The number of hydrogen-bond donors (Lipinski definition) is 2. The van der Waals surface area contributed by atoms with E-state index in [4.69, 9.17) is 4.74 Å². The fourth-order valence-corrected chi connectivity index (χ4v) is 1.87. The van der Waals surface area contributed by atoms with Crippen LogP contribution < -0.4 is 15.4 Å². The van der Waals surface area contributed by atoms with Crippen molar-refractivity contribution < 1.29 is 9.53 Å². The number of hydrogen-bond acceptors (Lipinski definition) is 5. The number of carbonyl (C=O) groups excluding carboxylic acids is 1. The average molecular weight is 298 g/mol. The fourth-order valence-electron chi connectivity index (χ4n) is 1.87. The molecule has 0 aliphatic heterocycles. The van der Waals surface area contributed by atoms with Crippen molar-refractivity contribution in [3.05, 3.63) is 60.6 Å². The fraction of sp³-hybridized carbons (Fsp3) is 0.188. The Morgan fingerprint density at radius 2 is 2.18 bits per heavy atom. The lowest BCUT2D eigenvalue weighted by Crippen LogP contribution is -2.24. The molecule has 2 N–H and O–H groups in total. The van der Waals surface area contributed by atoms with Crippen LogP contribution in [0.2, 0.25) is 0 Å². The molecule has 0 aliphatic carbocycles. The summed E-state index contributed by atoms with van der Waals surface area (Å²) < 4.78 is 5.25. The van der Waals surface area contributed by atoms with Gasteiger partial charge in [-0.2, -0.15) is 0 Å². The lowest BCUT2D eigenvalue weighted by molar-refractivity contribution is 0.0945. The highest BCUT2D eigenvalue weighted by atomic mass is 16.5. The van der Waals surface area contributed by atoms with Gasteiger partial charge in [-0.25, -0.2) is 9.97 Å². The molecule has 0 radical (unpaired) electrons. The number of ether oxygens (including phenoxy) is 1. The van der Waals surface area contributed by atoms with Crippen molar-refractivity contribution in [1.29, 1.82) is 0 Å². The third kappa shape index (κ3) is 4.05. The van der Waals surface area contributed by atoms with Crippen LogP contribution in [-0.4, -0.2) is 29.5 Å². The molecule has 0 unspecified atom stereocenters. The number of aromatic nitrogens is 2. The Morgan fingerprint density at radius 1 is 1.36 bits per heavy atom. The highest BCUT2D eigenvalue weighted by Crippen LogP contribution is 2.16. The molecule has 1 aromatic carbocycles. The molecule has 0 atom stereocenters. The van der Waals surface area contributed by atoms with Crippen LogP contribution in [0.25, 0.3) is 0 Å². The minimum Gasteiger partial charge on any atom is -0.496 e. The van der Waals surface area contributed by atoms with E-state index in [1.807, 2.05) is 24.3 Å². The third-order valence-corrected chi connectivity index (χ3v) is 2.96. The molecule has 6 nitrogen and oxygen atoms in total. The zero-order valence-electron chi connectivity index (χ0n) is 12.4. The highest BCUT2D eigenvalue weighted by Gasteiger charge is 2.09. The molecule has 1 aromatic heterocycles. The number of benzene rings is 1. The van der Waals surface area contributed by atoms with Crippen LogP contribution in [0.4, 0.5) is 5.82 Å². The maximum absolute atomic E-state index is 12.2. The Hall–Kier alpha value is -2.89. The Bertz CT molecular complexity index is 658. The van der Waals surface area contributed by atoms with E-state index in [9.17, 15) is 4.79 Å². The first-order chi connectivity index (χ1) is 10.7. The zero-order chi connectivity index (χ0) is 15.8. The van der Waals surface area contributed by atoms with Gasteiger partial charge in [-0.15, -0.1) is 6.58 Å². The number of rotatable bonds is 7. The summed E-state index contributed by atoms with van der Waals surface area (Å²) in [7, 11) is 1.60. The second-order valence-corrected chi connectivity index (χ2v) is 4.45. The smallest absolute Gasteiger partial charge is 0.270 e. The zero-order valence-corrected chi connectivity index (χ0v) is 12.4. The summed E-state index contributed by atoms with van der Waals surface area (Å²) in [6, 6.07) is 9.12. The van der Waals surface area contributed by atoms with Crippen LogP contribution in [0, 0.1) is 0 Å². The van der Waals surface area contributed by atoms with Crippen LogP contribution in [0.15, 0.2) is 49.3 Å². The van der Waals surface area contributed by atoms with Crippen molar-refractivity contribution in [3.63, 3.8) is 0 Å². The molecule has 0 aliphatic rings. The van der Waals surface area contributed by atoms with Gasteiger partial charge in [0.25, 0.3) is 5.91 Å². The number of methoxy groups -OCH3 is 1. The van der Waals surface area contributed by atoms with Gasteiger partial charge in [-0.3, -0.25) is 4.79 Å². The van der Waals surface area contributed by atoms with Crippen molar-refractivity contribution in [3.8, 4) is 5.75 Å². The first kappa shape index (κ1) is 15.5. The highest BCUT2D eigenvalue weighted by molar-refractivity contribution is 5.92. The Kier molecular flexibility index (Phi) is 5.48. The van der Waals surface area contributed by atoms with Crippen molar-refractivity contribution >= 4 is 11.7 Å². The summed E-state index contributed by atoms with van der Waals surface area (Å²) in [6.07, 6.45) is 3.06. The first-order valence-electron chi connectivity index (χ1n) is 6.81. The Labute approximate surface area is 129 Å². The van der Waals surface area contributed by atoms with E-state index in [0.29, 0.717) is 24.6 Å². The van der Waals surface area contributed by atoms with Gasteiger partial charge in [0.1, 0.15) is 23.6 Å². The van der Waals surface area contributed by atoms with E-state index in [1.54, 1.807) is 19.3 Å². The maximum atomic E-state index is 12.2. The molecule has 2 rings (SSSR count). The molecule has 114 valence electrons. The molecule has 0 bridgehead atoms. The minimum atomic E-state index is -0.269. The average Bonchev–Trinajstić information content (AvgIpc) is 2.58. The normalized spacial score (nSPS) is 9.86. The molecule has 0 spiro atoms. The molecule has 1 amide bonds. The number of nitrogens with one attached hydrogen (secondary N) is 2. The van der Waals surface area contributed by atoms with Crippen LogP contribution >= 0.6 is 0 Å². The maximum Gasteiger partial charge on any atom is 0.270 e. The molecule has 6 heteroatoms. The van der Waals surface area contributed by atoms with Gasteiger partial charge in [0.2, 0.25) is 0 Å². The lowest BCUT2D eigenvalue weighted by atomic mass is 10.2. The van der Waals surface area contributed by atoms with Crippen molar-refractivity contribution in [2.45, 2.75) is 6.54 Å². The summed E-state index contributed by atoms with van der Waals surface area (Å²) in [4.78, 5) is 20.2. The standard InChI is InChI=1S/C16H18N4O2/c1-3-8-17-15-9-13(19-11-20-15)16(21)18-10-12-6-4-5-7-14(12)22-2/h3-7,9,11H,1,8,10H2,2H3,(H,18,21)(H,17,19,20). The van der Waals surface area contributed by atoms with Crippen molar-refractivity contribution in [2.75, 3.05) is 19.0 Å². The van der Waals surface area contributed by atoms with E-state index < -0.39 is 0 Å². The molecular formula is C16H18N4O2. The molecular weight excluding hydrogens is 280 g/mol. The molecule has 0 saturated heterocycles. The molecule has 1 heterocycles. The van der Waals surface area contributed by atoms with Crippen molar-refractivity contribution in [1.82, 2.24) is 15.3 Å². The van der Waals surface area contributed by atoms with Gasteiger partial charge >= 0.3 is 0 Å². The lowest BCUT2D eigenvalue weighted by Gasteiger charge is -2.09. The van der Waals surface area contributed by atoms with Crippen LogP contribution in [0.1, 0.15) is 16.1 Å². The molecule has 2 aromatic rings. The Morgan fingerprint density at radius 3 is 2.95 bits per heavy atom. The second kappa shape index (κ2) is 7.78. The number of amides is 1. The molecule has 22 heavy (non-hydrogen) atoms. The third-order valence-electron chi connectivity index (χ3n) is 2.96. The summed E-state index contributed by atoms with van der Waals surface area (Å²) in [5.41, 5.74) is 1.20. The van der Waals surface area contributed by atoms with Gasteiger partial charge < -0.3 is 15.4 Å². The molecule has 0 fully saturated rings. The van der Waals surface area contributed by atoms with Gasteiger partial charge in [-0.1, -0.05) is 24.3 Å². The van der Waals surface area contributed by atoms with Crippen LogP contribution in [-0.2, 0) is 6.54 Å². The van der Waals surface area contributed by atoms with Gasteiger partial charge in [0.15, 0.2) is 0 Å². The molecule has 0 saturated carbocycles. The van der Waals surface area contributed by atoms with E-state index in [2.05, 4.69) is 27.2 Å². The first-order valence-corrected chi connectivity index (χ1v) is 6.81. The van der Waals surface area contributed by atoms with Gasteiger partial charge in [0.05, 0.1) is 7.11 Å². The SMILES string of the molecule is C=CCNc1cc(C(=O)NCc2ccccc2OC)ncn1. The van der Waals surface area contributed by atoms with Gasteiger partial charge in [0, 0.05) is 24.7 Å². The number of nitrogens with zero attached hydrogens (tertiary/aromatic N) is 2. The van der Waals surface area contributed by atoms with Crippen molar-refractivity contribution in [2.24, 2.45) is 0 Å². The summed E-state index contributed by atoms with van der Waals surface area (Å²) in [6.45, 7) is 4.55. The topological polar surface area (TPSA) is 76.1 Å². The summed E-state index contributed by atoms with van der Waals surface area (Å²) in [5, 5.41) is 5.83. The Balaban J connectivity index is 2.01. The summed E-state index contributed by atoms with van der Waals surface area (Å²) >= 11 is 0. The minimum absolute atomic E-state index is 0.269. The van der Waals surface area contributed by atoms with E-state index in [0.717, 1.165) is 11.3 Å². The monoisotopic (exact) mass is 298 g/mol. The quantitative estimate of drug-likeness (QED) is 0.765. The van der Waals surface area contributed by atoms with E-state index in [-0.39, 0.29) is 5.91 Å².